The van der Waals surface area contributed by atoms with E-state index >= 15 is 0 Å². The molecule has 2 aromatic rings. The third-order valence-corrected chi connectivity index (χ3v) is 3.89. The molecule has 0 aliphatic heterocycles. The Bertz CT molecular complexity index is 768. The van der Waals surface area contributed by atoms with Gasteiger partial charge in [0.15, 0.2) is 0 Å². The van der Waals surface area contributed by atoms with E-state index in [1.54, 1.807) is 36.4 Å². The molecule has 0 aliphatic carbocycles. The van der Waals surface area contributed by atoms with Crippen LogP contribution in [0.1, 0.15) is 25.7 Å². The minimum absolute atomic E-state index is 0.0114. The molecule has 0 aliphatic rings. The molecule has 0 heterocycles. The fourth-order valence-corrected chi connectivity index (χ4v) is 2.57. The number of carboxylic acid groups (broad SMARTS) is 2. The van der Waals surface area contributed by atoms with Crippen molar-refractivity contribution in [3.05, 3.63) is 36.4 Å². The highest BCUT2D eigenvalue weighted by atomic mass is 16.5. The molecule has 28 heavy (non-hydrogen) atoms. The lowest BCUT2D eigenvalue weighted by Crippen LogP contribution is -2.05. The zero-order chi connectivity index (χ0) is 20.5. The smallest absolute Gasteiger partial charge is 0.303 e. The zero-order valence-corrected chi connectivity index (χ0v) is 15.4. The lowest BCUT2D eigenvalue weighted by atomic mass is 10.0. The lowest BCUT2D eigenvalue weighted by molar-refractivity contribution is -0.138. The number of anilines is 2. The Balaban J connectivity index is 2.23. The number of benzene rings is 2. The van der Waals surface area contributed by atoms with Crippen LogP contribution in [-0.2, 0) is 9.59 Å². The van der Waals surface area contributed by atoms with E-state index in [1.165, 1.54) is 0 Å². The minimum Gasteiger partial charge on any atom is -0.493 e. The third-order valence-electron chi connectivity index (χ3n) is 3.89. The first kappa shape index (κ1) is 20.9. The molecule has 0 saturated heterocycles. The van der Waals surface area contributed by atoms with Gasteiger partial charge in [0.2, 0.25) is 0 Å². The normalized spacial score (nSPS) is 10.4. The van der Waals surface area contributed by atoms with Crippen molar-refractivity contribution in [2.75, 3.05) is 24.7 Å². The van der Waals surface area contributed by atoms with E-state index in [0.717, 1.165) is 11.1 Å². The summed E-state index contributed by atoms with van der Waals surface area (Å²) in [7, 11) is 0. The van der Waals surface area contributed by atoms with Crippen molar-refractivity contribution in [1.82, 2.24) is 0 Å². The summed E-state index contributed by atoms with van der Waals surface area (Å²) in [6, 6.07) is 10.4. The highest BCUT2D eigenvalue weighted by Crippen LogP contribution is 2.38. The van der Waals surface area contributed by atoms with E-state index < -0.39 is 11.9 Å². The molecule has 0 amide bonds. The van der Waals surface area contributed by atoms with E-state index in [1.807, 2.05) is 0 Å². The Hall–Kier alpha value is -3.42. The maximum absolute atomic E-state index is 10.7. The second-order valence-corrected chi connectivity index (χ2v) is 6.20. The summed E-state index contributed by atoms with van der Waals surface area (Å²) in [5.74, 6) is -0.755. The molecule has 150 valence electrons. The van der Waals surface area contributed by atoms with Crippen LogP contribution in [0, 0.1) is 0 Å². The van der Waals surface area contributed by atoms with Gasteiger partial charge in [-0.1, -0.05) is 0 Å². The maximum atomic E-state index is 10.7. The Labute approximate surface area is 162 Å². The van der Waals surface area contributed by atoms with Gasteiger partial charge >= 0.3 is 11.9 Å². The van der Waals surface area contributed by atoms with Gasteiger partial charge in [-0.15, -0.1) is 0 Å². The number of nitrogen functional groups attached to an aromatic ring is 2. The second kappa shape index (κ2) is 10.1. The van der Waals surface area contributed by atoms with Crippen molar-refractivity contribution >= 4 is 23.3 Å². The van der Waals surface area contributed by atoms with Crippen molar-refractivity contribution in [1.29, 1.82) is 0 Å². The fraction of sp³-hybridized carbons (Fsp3) is 0.300. The Morgan fingerprint density at radius 1 is 0.750 bits per heavy atom. The molecular formula is C20H24N2O6. The molecule has 0 fully saturated rings. The quantitative estimate of drug-likeness (QED) is 0.339. The number of hydrogen-bond donors (Lipinski definition) is 4. The van der Waals surface area contributed by atoms with E-state index in [2.05, 4.69) is 0 Å². The first-order chi connectivity index (χ1) is 13.4. The molecule has 8 heteroatoms. The van der Waals surface area contributed by atoms with Crippen molar-refractivity contribution in [2.24, 2.45) is 0 Å². The summed E-state index contributed by atoms with van der Waals surface area (Å²) >= 11 is 0. The topological polar surface area (TPSA) is 145 Å². The van der Waals surface area contributed by atoms with E-state index in [9.17, 15) is 9.59 Å². The SMILES string of the molecule is Nc1ccc(-c2ccc(N)cc2OCCCC(=O)O)c(OCCCC(=O)O)c1. The number of nitrogens with two attached hydrogens (primary N) is 2. The standard InChI is InChI=1S/C20H24N2O6/c21-13-5-7-15(17(11-13)27-9-1-3-19(23)24)16-8-6-14(22)12-18(16)28-10-2-4-20(25)26/h5-8,11-12H,1-4,9-10,21-22H2,(H,23,24)(H,25,26). The van der Waals surface area contributed by atoms with Crippen molar-refractivity contribution in [3.63, 3.8) is 0 Å². The summed E-state index contributed by atoms with van der Waals surface area (Å²) in [5.41, 5.74) is 14.2. The van der Waals surface area contributed by atoms with Crippen LogP contribution >= 0.6 is 0 Å². The van der Waals surface area contributed by atoms with E-state index in [0.29, 0.717) is 35.7 Å². The van der Waals surface area contributed by atoms with Crippen LogP contribution in [0.3, 0.4) is 0 Å². The van der Waals surface area contributed by atoms with Gasteiger partial charge in [-0.25, -0.2) is 0 Å². The van der Waals surface area contributed by atoms with Crippen molar-refractivity contribution in [3.8, 4) is 22.6 Å². The molecular weight excluding hydrogens is 364 g/mol. The lowest BCUT2D eigenvalue weighted by Gasteiger charge is -2.16. The maximum Gasteiger partial charge on any atom is 0.303 e. The number of carboxylic acids is 2. The summed E-state index contributed by atoms with van der Waals surface area (Å²) < 4.78 is 11.5. The predicted molar refractivity (Wildman–Crippen MR) is 105 cm³/mol. The molecule has 2 aromatic carbocycles. The number of aliphatic carboxylic acids is 2. The molecule has 0 saturated carbocycles. The van der Waals surface area contributed by atoms with Crippen LogP contribution in [0.2, 0.25) is 0 Å². The molecule has 0 atom stereocenters. The van der Waals surface area contributed by atoms with Crippen LogP contribution < -0.4 is 20.9 Å². The largest absolute Gasteiger partial charge is 0.493 e. The van der Waals surface area contributed by atoms with Gasteiger partial charge in [0.05, 0.1) is 13.2 Å². The van der Waals surface area contributed by atoms with Gasteiger partial charge < -0.3 is 31.2 Å². The Morgan fingerprint density at radius 3 is 1.50 bits per heavy atom. The minimum atomic E-state index is -0.882. The molecule has 8 nitrogen and oxygen atoms in total. The predicted octanol–water partition coefficient (Wildman–Crippen LogP) is 3.01. The van der Waals surface area contributed by atoms with Crippen LogP contribution in [0.15, 0.2) is 36.4 Å². The second-order valence-electron chi connectivity index (χ2n) is 6.20. The number of hydrogen-bond acceptors (Lipinski definition) is 6. The summed E-state index contributed by atoms with van der Waals surface area (Å²) in [4.78, 5) is 21.3. The number of carbonyl (C=O) groups is 2. The van der Waals surface area contributed by atoms with Crippen LogP contribution in [0.4, 0.5) is 11.4 Å². The van der Waals surface area contributed by atoms with Crippen molar-refractivity contribution in [2.45, 2.75) is 25.7 Å². The third kappa shape index (κ3) is 6.39. The van der Waals surface area contributed by atoms with Crippen LogP contribution in [0.25, 0.3) is 11.1 Å². The highest BCUT2D eigenvalue weighted by Gasteiger charge is 2.14. The van der Waals surface area contributed by atoms with Gasteiger partial charge in [-0.2, -0.15) is 0 Å². The molecule has 6 N–H and O–H groups in total. The molecule has 0 radical (unpaired) electrons. The summed E-state index contributed by atoms with van der Waals surface area (Å²) in [6.07, 6.45) is 0.753. The molecule has 0 spiro atoms. The summed E-state index contributed by atoms with van der Waals surface area (Å²) in [6.45, 7) is 0.457. The molecule has 2 rings (SSSR count). The van der Waals surface area contributed by atoms with Crippen LogP contribution in [0.5, 0.6) is 11.5 Å². The monoisotopic (exact) mass is 388 g/mol. The Kier molecular flexibility index (Phi) is 7.50. The van der Waals surface area contributed by atoms with E-state index in [-0.39, 0.29) is 26.1 Å². The zero-order valence-electron chi connectivity index (χ0n) is 15.4. The number of ether oxygens (including phenoxy) is 2. The first-order valence-corrected chi connectivity index (χ1v) is 8.85. The van der Waals surface area contributed by atoms with E-state index in [4.69, 9.17) is 31.2 Å². The van der Waals surface area contributed by atoms with Gasteiger partial charge in [-0.3, -0.25) is 9.59 Å². The highest BCUT2D eigenvalue weighted by molar-refractivity contribution is 5.79. The Morgan fingerprint density at radius 2 is 1.14 bits per heavy atom. The molecule has 0 aromatic heterocycles. The van der Waals surface area contributed by atoms with Gasteiger partial charge in [0.25, 0.3) is 0 Å². The molecule has 0 bridgehead atoms. The molecule has 0 unspecified atom stereocenters. The summed E-state index contributed by atoms with van der Waals surface area (Å²) in [5, 5.41) is 17.5. The average molecular weight is 388 g/mol. The van der Waals surface area contributed by atoms with Gasteiger partial charge in [0.1, 0.15) is 11.5 Å². The van der Waals surface area contributed by atoms with Gasteiger partial charge in [-0.05, 0) is 37.1 Å². The fourth-order valence-electron chi connectivity index (χ4n) is 2.57. The average Bonchev–Trinajstić information content (AvgIpc) is 2.63. The van der Waals surface area contributed by atoms with Crippen LogP contribution in [-0.4, -0.2) is 35.4 Å². The number of rotatable bonds is 11. The first-order valence-electron chi connectivity index (χ1n) is 8.85. The van der Waals surface area contributed by atoms with Gasteiger partial charge in [0, 0.05) is 47.5 Å². The van der Waals surface area contributed by atoms with Crippen molar-refractivity contribution < 1.29 is 29.3 Å².